The lowest BCUT2D eigenvalue weighted by Crippen LogP contribution is -2.18. The third-order valence-corrected chi connectivity index (χ3v) is 3.25. The van der Waals surface area contributed by atoms with Crippen molar-refractivity contribution in [3.05, 3.63) is 47.8 Å². The van der Waals surface area contributed by atoms with Crippen molar-refractivity contribution < 1.29 is 14.5 Å². The van der Waals surface area contributed by atoms with Crippen LogP contribution in [0.25, 0.3) is 10.9 Å². The number of rotatable bonds is 3. The van der Waals surface area contributed by atoms with E-state index < -0.39 is 16.3 Å². The van der Waals surface area contributed by atoms with Crippen molar-refractivity contribution in [1.82, 2.24) is 4.98 Å². The summed E-state index contributed by atoms with van der Waals surface area (Å²) in [6.45, 7) is 1.77. The third kappa shape index (κ3) is 2.50. The Bertz CT molecular complexity index is 768. The van der Waals surface area contributed by atoms with Gasteiger partial charge in [0.2, 0.25) is 5.43 Å². The predicted molar refractivity (Wildman–Crippen MR) is 79.9 cm³/mol. The minimum atomic E-state index is -0.753. The zero-order chi connectivity index (χ0) is 14.9. The lowest BCUT2D eigenvalue weighted by atomic mass is 10.1. The number of carbonyl (C=O) groups is 1. The maximum absolute atomic E-state index is 12.2. The van der Waals surface area contributed by atoms with E-state index in [1.165, 1.54) is 12.1 Å². The van der Waals surface area contributed by atoms with Crippen LogP contribution in [0.2, 0.25) is 0 Å². The highest BCUT2D eigenvalue weighted by Gasteiger charge is 2.20. The number of aromatic amines is 1. The molecule has 7 nitrogen and oxygen atoms in total. The van der Waals surface area contributed by atoms with Gasteiger partial charge in [0.05, 0.1) is 16.9 Å². The number of nitrogens with one attached hydrogen (secondary N) is 1. The Kier molecular flexibility index (Phi) is 4.02. The van der Waals surface area contributed by atoms with Crippen LogP contribution in [0, 0.1) is 13.7 Å². The number of benzene rings is 1. The topological polar surface area (TPSA) is 102 Å². The molecule has 2 rings (SSSR count). The van der Waals surface area contributed by atoms with E-state index in [4.69, 9.17) is 4.74 Å². The summed E-state index contributed by atoms with van der Waals surface area (Å²) in [5.74, 6) is -0.753. The first kappa shape index (κ1) is 14.4. The first-order valence-electron chi connectivity index (χ1n) is 5.62. The van der Waals surface area contributed by atoms with Crippen molar-refractivity contribution in [2.45, 2.75) is 6.92 Å². The number of pyridine rings is 1. The first-order chi connectivity index (χ1) is 9.45. The van der Waals surface area contributed by atoms with E-state index in [9.17, 15) is 19.7 Å². The van der Waals surface area contributed by atoms with Gasteiger partial charge in [-0.25, -0.2) is 4.79 Å². The minimum Gasteiger partial charge on any atom is -0.462 e. The second kappa shape index (κ2) is 5.57. The number of esters is 1. The number of nitro benzene ring substituents is 1. The molecule has 0 aliphatic rings. The van der Waals surface area contributed by atoms with Gasteiger partial charge >= 0.3 is 5.97 Å². The fourth-order valence-corrected chi connectivity index (χ4v) is 2.39. The number of non-ortho nitro benzene ring substituents is 1. The van der Waals surface area contributed by atoms with Crippen LogP contribution in [0.3, 0.4) is 0 Å². The minimum absolute atomic E-state index is 0.0912. The van der Waals surface area contributed by atoms with Crippen LogP contribution in [0.5, 0.6) is 0 Å². The summed E-state index contributed by atoms with van der Waals surface area (Å²) in [4.78, 5) is 36.9. The van der Waals surface area contributed by atoms with Gasteiger partial charge in [-0.15, -0.1) is 0 Å². The number of nitrogens with zero attached hydrogens (tertiary/aromatic N) is 1. The Labute approximate surface area is 126 Å². The number of carbonyl (C=O) groups excluding carboxylic acids is 1. The van der Waals surface area contributed by atoms with Crippen molar-refractivity contribution in [2.75, 3.05) is 6.61 Å². The monoisotopic (exact) mass is 388 g/mol. The lowest BCUT2D eigenvalue weighted by Gasteiger charge is -2.04. The molecule has 0 spiro atoms. The number of aromatic nitrogens is 1. The summed E-state index contributed by atoms with van der Waals surface area (Å²) in [6, 6.07) is 2.84. The Hall–Kier alpha value is -1.97. The van der Waals surface area contributed by atoms with E-state index in [0.717, 1.165) is 6.20 Å². The summed E-state index contributed by atoms with van der Waals surface area (Å²) in [6.07, 6.45) is 1.14. The van der Waals surface area contributed by atoms with E-state index in [0.29, 0.717) is 3.57 Å². The molecule has 104 valence electrons. The van der Waals surface area contributed by atoms with Crippen LogP contribution in [0.1, 0.15) is 17.3 Å². The molecular formula is C12H9IN2O5. The number of H-pyrrole nitrogens is 1. The number of ether oxygens (including phenoxy) is 1. The molecule has 1 heterocycles. The quantitative estimate of drug-likeness (QED) is 0.376. The zero-order valence-electron chi connectivity index (χ0n) is 10.3. The van der Waals surface area contributed by atoms with Gasteiger partial charge in [-0.05, 0) is 35.6 Å². The standard InChI is InChI=1S/C12H9IN2O5/c1-2-20-12(17)8-5-14-10-7(11(8)16)3-6(13)4-9(10)15(18)19/h3-5H,2H2,1H3,(H,14,16). The van der Waals surface area contributed by atoms with Crippen molar-refractivity contribution in [1.29, 1.82) is 0 Å². The van der Waals surface area contributed by atoms with Crippen LogP contribution in [-0.2, 0) is 4.74 Å². The Morgan fingerprint density at radius 1 is 1.50 bits per heavy atom. The van der Waals surface area contributed by atoms with Crippen molar-refractivity contribution >= 4 is 45.2 Å². The SMILES string of the molecule is CCOC(=O)c1c[nH]c2c([N+](=O)[O-])cc(I)cc2c1=O. The van der Waals surface area contributed by atoms with E-state index in [1.54, 1.807) is 6.92 Å². The highest BCUT2D eigenvalue weighted by molar-refractivity contribution is 14.1. The number of hydrogen-bond acceptors (Lipinski definition) is 5. The molecule has 0 saturated heterocycles. The van der Waals surface area contributed by atoms with E-state index >= 15 is 0 Å². The average Bonchev–Trinajstić information content (AvgIpc) is 2.39. The summed E-state index contributed by atoms with van der Waals surface area (Å²) < 4.78 is 5.31. The van der Waals surface area contributed by atoms with Crippen LogP contribution < -0.4 is 5.43 Å². The molecule has 2 aromatic rings. The Morgan fingerprint density at radius 3 is 2.80 bits per heavy atom. The van der Waals surface area contributed by atoms with Gasteiger partial charge in [0.25, 0.3) is 5.69 Å². The third-order valence-electron chi connectivity index (χ3n) is 2.62. The van der Waals surface area contributed by atoms with E-state index in [1.807, 2.05) is 22.6 Å². The van der Waals surface area contributed by atoms with Crippen LogP contribution in [0.4, 0.5) is 5.69 Å². The second-order valence-corrected chi connectivity index (χ2v) is 5.10. The van der Waals surface area contributed by atoms with Gasteiger partial charge in [-0.1, -0.05) is 0 Å². The maximum Gasteiger partial charge on any atom is 0.343 e. The van der Waals surface area contributed by atoms with Crippen LogP contribution >= 0.6 is 22.6 Å². The van der Waals surface area contributed by atoms with Crippen molar-refractivity contribution in [2.24, 2.45) is 0 Å². The number of nitro groups is 1. The van der Waals surface area contributed by atoms with Crippen LogP contribution in [-0.4, -0.2) is 22.5 Å². The summed E-state index contributed by atoms with van der Waals surface area (Å²) >= 11 is 1.88. The van der Waals surface area contributed by atoms with Gasteiger partial charge in [-0.3, -0.25) is 14.9 Å². The molecule has 20 heavy (non-hydrogen) atoms. The van der Waals surface area contributed by atoms with Gasteiger partial charge in [0, 0.05) is 15.8 Å². The molecule has 0 aliphatic heterocycles. The Balaban J connectivity index is 2.77. The summed E-state index contributed by atoms with van der Waals surface area (Å²) in [7, 11) is 0. The van der Waals surface area contributed by atoms with Crippen LogP contribution in [0.15, 0.2) is 23.1 Å². The van der Waals surface area contributed by atoms with Gasteiger partial charge in [0.1, 0.15) is 11.1 Å². The number of fused-ring (bicyclic) bond motifs is 1. The smallest absolute Gasteiger partial charge is 0.343 e. The molecule has 1 N–H and O–H groups in total. The molecule has 0 saturated carbocycles. The van der Waals surface area contributed by atoms with Crippen molar-refractivity contribution in [3.63, 3.8) is 0 Å². The molecule has 1 aromatic carbocycles. The second-order valence-electron chi connectivity index (χ2n) is 3.86. The fourth-order valence-electron chi connectivity index (χ4n) is 1.78. The molecule has 8 heteroatoms. The fraction of sp³-hybridized carbons (Fsp3) is 0.167. The lowest BCUT2D eigenvalue weighted by molar-refractivity contribution is -0.383. The highest BCUT2D eigenvalue weighted by atomic mass is 127. The summed E-state index contributed by atoms with van der Waals surface area (Å²) in [5.41, 5.74) is -0.873. The maximum atomic E-state index is 12.2. The van der Waals surface area contributed by atoms with Gasteiger partial charge < -0.3 is 9.72 Å². The van der Waals surface area contributed by atoms with Crippen molar-refractivity contribution in [3.8, 4) is 0 Å². The largest absolute Gasteiger partial charge is 0.462 e. The van der Waals surface area contributed by atoms with Gasteiger partial charge in [-0.2, -0.15) is 0 Å². The number of halogens is 1. The average molecular weight is 388 g/mol. The molecule has 0 fully saturated rings. The number of hydrogen-bond donors (Lipinski definition) is 1. The molecule has 1 aromatic heterocycles. The molecular weight excluding hydrogens is 379 g/mol. The molecule has 0 atom stereocenters. The van der Waals surface area contributed by atoms with Gasteiger partial charge in [0.15, 0.2) is 0 Å². The normalized spacial score (nSPS) is 10.5. The highest BCUT2D eigenvalue weighted by Crippen LogP contribution is 2.24. The predicted octanol–water partition coefficient (Wildman–Crippen LogP) is 2.22. The molecule has 0 bridgehead atoms. The van der Waals surface area contributed by atoms with E-state index in [2.05, 4.69) is 4.98 Å². The first-order valence-corrected chi connectivity index (χ1v) is 6.70. The molecule has 0 aliphatic carbocycles. The zero-order valence-corrected chi connectivity index (χ0v) is 12.5. The molecule has 0 amide bonds. The Morgan fingerprint density at radius 2 is 2.20 bits per heavy atom. The molecule has 0 unspecified atom stereocenters. The summed E-state index contributed by atoms with van der Waals surface area (Å²) in [5, 5.41) is 11.1. The molecule has 0 radical (unpaired) electrons. The van der Waals surface area contributed by atoms with E-state index in [-0.39, 0.29) is 28.8 Å².